The summed E-state index contributed by atoms with van der Waals surface area (Å²) in [6.07, 6.45) is 0.786. The number of carbonyl (C=O) groups excluding carboxylic acids is 1. The Kier molecular flexibility index (Phi) is 4.89. The molecule has 0 amide bonds. The lowest BCUT2D eigenvalue weighted by Crippen LogP contribution is -2.13. The molecule has 0 aromatic heterocycles. The molecule has 0 heterocycles. The maximum absolute atomic E-state index is 10.7. The van der Waals surface area contributed by atoms with E-state index in [0.717, 1.165) is 11.8 Å². The molecule has 0 N–H and O–H groups in total. The van der Waals surface area contributed by atoms with Gasteiger partial charge in [-0.2, -0.15) is 0 Å². The van der Waals surface area contributed by atoms with Crippen molar-refractivity contribution in [3.8, 4) is 5.75 Å². The molecule has 2 aromatic carbocycles. The van der Waals surface area contributed by atoms with Crippen molar-refractivity contribution in [2.75, 3.05) is 13.7 Å². The zero-order chi connectivity index (χ0) is 14.2. The van der Waals surface area contributed by atoms with Gasteiger partial charge < -0.3 is 9.57 Å². The molecule has 0 spiro atoms. The van der Waals surface area contributed by atoms with Gasteiger partial charge in [-0.3, -0.25) is 4.79 Å². The summed E-state index contributed by atoms with van der Waals surface area (Å²) in [7, 11) is 1.50. The maximum atomic E-state index is 10.7. The molecular formula is C16H15NO3. The van der Waals surface area contributed by atoms with Gasteiger partial charge in [0.05, 0.1) is 0 Å². The van der Waals surface area contributed by atoms with E-state index in [1.807, 2.05) is 30.3 Å². The van der Waals surface area contributed by atoms with Gasteiger partial charge in [0, 0.05) is 11.1 Å². The highest BCUT2D eigenvalue weighted by atomic mass is 16.6. The molecule has 0 aliphatic heterocycles. The molecule has 0 saturated heterocycles. The Morgan fingerprint density at radius 3 is 2.65 bits per heavy atom. The maximum Gasteiger partial charge on any atom is 0.150 e. The Morgan fingerprint density at radius 1 is 1.15 bits per heavy atom. The first kappa shape index (κ1) is 13.8. The predicted molar refractivity (Wildman–Crippen MR) is 77.3 cm³/mol. The molecule has 2 rings (SSSR count). The Labute approximate surface area is 117 Å². The van der Waals surface area contributed by atoms with Gasteiger partial charge in [0.2, 0.25) is 0 Å². The highest BCUT2D eigenvalue weighted by Gasteiger charge is 2.06. The summed E-state index contributed by atoms with van der Waals surface area (Å²) in [4.78, 5) is 15.6. The fourth-order valence-electron chi connectivity index (χ4n) is 1.73. The van der Waals surface area contributed by atoms with E-state index >= 15 is 0 Å². The highest BCUT2D eigenvalue weighted by Crippen LogP contribution is 2.13. The molecule has 4 heteroatoms. The molecular weight excluding hydrogens is 254 g/mol. The fraction of sp³-hybridized carbons (Fsp3) is 0.125. The van der Waals surface area contributed by atoms with Crippen LogP contribution in [0.5, 0.6) is 5.75 Å². The third kappa shape index (κ3) is 3.68. The molecule has 0 atom stereocenters. The van der Waals surface area contributed by atoms with Crippen LogP contribution in [0.25, 0.3) is 0 Å². The number of benzene rings is 2. The van der Waals surface area contributed by atoms with E-state index in [9.17, 15) is 4.79 Å². The molecule has 0 saturated carbocycles. The van der Waals surface area contributed by atoms with Gasteiger partial charge in [-0.1, -0.05) is 47.6 Å². The molecule has 0 aliphatic carbocycles. The SMILES string of the molecule is CO/N=C(\COc1cccc(C=O)c1)c1ccccc1. The second-order valence-electron chi connectivity index (χ2n) is 4.07. The summed E-state index contributed by atoms with van der Waals surface area (Å²) in [5.74, 6) is 0.620. The van der Waals surface area contributed by atoms with Crippen molar-refractivity contribution in [2.24, 2.45) is 5.16 Å². The molecule has 20 heavy (non-hydrogen) atoms. The Bertz CT molecular complexity index is 594. The van der Waals surface area contributed by atoms with Gasteiger partial charge in [0.1, 0.15) is 31.5 Å². The number of nitrogens with zero attached hydrogens (tertiary/aromatic N) is 1. The largest absolute Gasteiger partial charge is 0.487 e. The lowest BCUT2D eigenvalue weighted by atomic mass is 10.1. The first-order valence-electron chi connectivity index (χ1n) is 6.17. The van der Waals surface area contributed by atoms with Crippen LogP contribution in [-0.2, 0) is 4.84 Å². The zero-order valence-corrected chi connectivity index (χ0v) is 11.2. The van der Waals surface area contributed by atoms with Crippen molar-refractivity contribution in [3.05, 3.63) is 65.7 Å². The van der Waals surface area contributed by atoms with Gasteiger partial charge >= 0.3 is 0 Å². The summed E-state index contributed by atoms with van der Waals surface area (Å²) < 4.78 is 5.65. The van der Waals surface area contributed by atoms with Crippen molar-refractivity contribution in [3.63, 3.8) is 0 Å². The second kappa shape index (κ2) is 7.09. The van der Waals surface area contributed by atoms with Crippen LogP contribution >= 0.6 is 0 Å². The molecule has 2 aromatic rings. The van der Waals surface area contributed by atoms with Crippen LogP contribution < -0.4 is 4.74 Å². The van der Waals surface area contributed by atoms with Crippen LogP contribution in [-0.4, -0.2) is 25.7 Å². The van der Waals surface area contributed by atoms with Crippen molar-refractivity contribution in [2.45, 2.75) is 0 Å². The lowest BCUT2D eigenvalue weighted by Gasteiger charge is -2.09. The standard InChI is InChI=1S/C16H15NO3/c1-19-17-16(14-7-3-2-4-8-14)12-20-15-9-5-6-13(10-15)11-18/h2-11H,12H2,1H3/b17-16+. The highest BCUT2D eigenvalue weighted by molar-refractivity contribution is 6.01. The van der Waals surface area contributed by atoms with Crippen molar-refractivity contribution < 1.29 is 14.4 Å². The first-order chi connectivity index (χ1) is 9.83. The van der Waals surface area contributed by atoms with Gasteiger partial charge in [-0.05, 0) is 12.1 Å². The number of hydrogen-bond acceptors (Lipinski definition) is 4. The third-order valence-electron chi connectivity index (χ3n) is 2.68. The summed E-state index contributed by atoms with van der Waals surface area (Å²) >= 11 is 0. The van der Waals surface area contributed by atoms with Gasteiger partial charge in [-0.25, -0.2) is 0 Å². The van der Waals surface area contributed by atoms with Gasteiger partial charge in [0.15, 0.2) is 0 Å². The van der Waals surface area contributed by atoms with E-state index in [1.165, 1.54) is 7.11 Å². The van der Waals surface area contributed by atoms with Crippen molar-refractivity contribution in [1.29, 1.82) is 0 Å². The van der Waals surface area contributed by atoms with E-state index < -0.39 is 0 Å². The predicted octanol–water partition coefficient (Wildman–Crippen LogP) is 2.93. The lowest BCUT2D eigenvalue weighted by molar-refractivity contribution is 0.112. The number of rotatable bonds is 6. The molecule has 0 radical (unpaired) electrons. The number of ether oxygens (including phenoxy) is 1. The van der Waals surface area contributed by atoms with Crippen molar-refractivity contribution >= 4 is 12.0 Å². The minimum atomic E-state index is 0.264. The van der Waals surface area contributed by atoms with Crippen LogP contribution in [0.1, 0.15) is 15.9 Å². The number of carbonyl (C=O) groups is 1. The quantitative estimate of drug-likeness (QED) is 0.460. The van der Waals surface area contributed by atoms with Crippen LogP contribution in [0, 0.1) is 0 Å². The summed E-state index contributed by atoms with van der Waals surface area (Å²) in [5.41, 5.74) is 2.19. The zero-order valence-electron chi connectivity index (χ0n) is 11.2. The number of hydrogen-bond donors (Lipinski definition) is 0. The Balaban J connectivity index is 2.10. The minimum absolute atomic E-state index is 0.264. The third-order valence-corrected chi connectivity index (χ3v) is 2.68. The second-order valence-corrected chi connectivity index (χ2v) is 4.07. The summed E-state index contributed by atoms with van der Waals surface area (Å²) in [5, 5.41) is 3.97. The normalized spacial score (nSPS) is 10.9. The van der Waals surface area contributed by atoms with Crippen LogP contribution in [0.3, 0.4) is 0 Å². The molecule has 4 nitrogen and oxygen atoms in total. The minimum Gasteiger partial charge on any atom is -0.487 e. The Hall–Kier alpha value is -2.62. The molecule has 0 fully saturated rings. The van der Waals surface area contributed by atoms with Crippen LogP contribution in [0.15, 0.2) is 59.8 Å². The molecule has 102 valence electrons. The average molecular weight is 269 g/mol. The van der Waals surface area contributed by atoms with E-state index in [2.05, 4.69) is 5.16 Å². The van der Waals surface area contributed by atoms with Gasteiger partial charge in [-0.15, -0.1) is 0 Å². The van der Waals surface area contributed by atoms with E-state index in [4.69, 9.17) is 9.57 Å². The van der Waals surface area contributed by atoms with E-state index in [1.54, 1.807) is 24.3 Å². The molecule has 0 aliphatic rings. The van der Waals surface area contributed by atoms with Gasteiger partial charge in [0.25, 0.3) is 0 Å². The number of aldehydes is 1. The average Bonchev–Trinajstić information content (AvgIpc) is 2.52. The monoisotopic (exact) mass is 269 g/mol. The van der Waals surface area contributed by atoms with Crippen LogP contribution in [0.2, 0.25) is 0 Å². The Morgan fingerprint density at radius 2 is 1.95 bits per heavy atom. The fourth-order valence-corrected chi connectivity index (χ4v) is 1.73. The summed E-state index contributed by atoms with van der Waals surface area (Å²) in [6, 6.07) is 16.6. The molecule has 0 unspecified atom stereocenters. The first-order valence-corrected chi connectivity index (χ1v) is 6.17. The number of oxime groups is 1. The van der Waals surface area contributed by atoms with Crippen LogP contribution in [0.4, 0.5) is 0 Å². The smallest absolute Gasteiger partial charge is 0.150 e. The topological polar surface area (TPSA) is 47.9 Å². The van der Waals surface area contributed by atoms with Crippen molar-refractivity contribution in [1.82, 2.24) is 0 Å². The van der Waals surface area contributed by atoms with E-state index in [-0.39, 0.29) is 6.61 Å². The molecule has 0 bridgehead atoms. The summed E-state index contributed by atoms with van der Waals surface area (Å²) in [6.45, 7) is 0.264. The van der Waals surface area contributed by atoms with E-state index in [0.29, 0.717) is 17.0 Å².